The van der Waals surface area contributed by atoms with Gasteiger partial charge in [0.2, 0.25) is 5.91 Å². The standard InChI is InChI=1S/C14H30N2O3/c1-5-18-14(19-6-2)8-10-15-9-7-13(17)16-11-12(3)4/h12,14-15H,5-11H2,1-4H3,(H,16,17). The minimum absolute atomic E-state index is 0.104. The highest BCUT2D eigenvalue weighted by atomic mass is 16.7. The molecule has 0 aromatic carbocycles. The van der Waals surface area contributed by atoms with Crippen LogP contribution in [0.3, 0.4) is 0 Å². The van der Waals surface area contributed by atoms with Gasteiger partial charge < -0.3 is 20.1 Å². The highest BCUT2D eigenvalue weighted by Crippen LogP contribution is 1.99. The van der Waals surface area contributed by atoms with Gasteiger partial charge in [-0.05, 0) is 26.3 Å². The molecule has 0 aliphatic carbocycles. The third kappa shape index (κ3) is 12.1. The van der Waals surface area contributed by atoms with Crippen LogP contribution >= 0.6 is 0 Å². The van der Waals surface area contributed by atoms with Gasteiger partial charge in [0.15, 0.2) is 6.29 Å². The fraction of sp³-hybridized carbons (Fsp3) is 0.929. The van der Waals surface area contributed by atoms with Gasteiger partial charge in [0.1, 0.15) is 0 Å². The van der Waals surface area contributed by atoms with Crippen molar-refractivity contribution in [3.05, 3.63) is 0 Å². The number of ether oxygens (including phenoxy) is 2. The molecule has 5 nitrogen and oxygen atoms in total. The molecule has 0 aliphatic rings. The van der Waals surface area contributed by atoms with E-state index in [2.05, 4.69) is 24.5 Å². The molecule has 0 aromatic heterocycles. The van der Waals surface area contributed by atoms with Crippen LogP contribution in [0.5, 0.6) is 0 Å². The summed E-state index contributed by atoms with van der Waals surface area (Å²) < 4.78 is 10.9. The zero-order valence-corrected chi connectivity index (χ0v) is 12.8. The van der Waals surface area contributed by atoms with Crippen molar-refractivity contribution in [2.45, 2.75) is 46.8 Å². The van der Waals surface area contributed by atoms with E-state index in [1.165, 1.54) is 0 Å². The van der Waals surface area contributed by atoms with Crippen LogP contribution in [0.4, 0.5) is 0 Å². The van der Waals surface area contributed by atoms with Gasteiger partial charge in [-0.25, -0.2) is 0 Å². The van der Waals surface area contributed by atoms with Crippen LogP contribution in [-0.4, -0.2) is 45.0 Å². The van der Waals surface area contributed by atoms with Crippen LogP contribution in [0.2, 0.25) is 0 Å². The number of hydrogen-bond acceptors (Lipinski definition) is 4. The number of carbonyl (C=O) groups excluding carboxylic acids is 1. The lowest BCUT2D eigenvalue weighted by Crippen LogP contribution is -2.31. The molecule has 0 saturated carbocycles. The lowest BCUT2D eigenvalue weighted by Gasteiger charge is -2.16. The van der Waals surface area contributed by atoms with Crippen LogP contribution in [0, 0.1) is 5.92 Å². The second-order valence-corrected chi connectivity index (χ2v) is 4.83. The fourth-order valence-electron chi connectivity index (χ4n) is 1.54. The average molecular weight is 274 g/mol. The molecule has 0 bridgehead atoms. The maximum absolute atomic E-state index is 11.4. The second kappa shape index (κ2) is 12.4. The largest absolute Gasteiger partial charge is 0.356 e. The van der Waals surface area contributed by atoms with Crippen LogP contribution in [0.25, 0.3) is 0 Å². The van der Waals surface area contributed by atoms with E-state index >= 15 is 0 Å². The molecule has 0 spiro atoms. The Morgan fingerprint density at radius 2 is 1.74 bits per heavy atom. The molecule has 114 valence electrons. The molecule has 1 amide bonds. The summed E-state index contributed by atoms with van der Waals surface area (Å²) in [6, 6.07) is 0. The Kier molecular flexibility index (Phi) is 12.0. The quantitative estimate of drug-likeness (QED) is 0.418. The predicted octanol–water partition coefficient (Wildman–Crippen LogP) is 1.53. The molecule has 0 radical (unpaired) electrons. The van der Waals surface area contributed by atoms with Crippen LogP contribution in [0.1, 0.15) is 40.5 Å². The lowest BCUT2D eigenvalue weighted by molar-refractivity contribution is -0.138. The first-order valence-corrected chi connectivity index (χ1v) is 7.30. The Morgan fingerprint density at radius 3 is 2.26 bits per heavy atom. The van der Waals surface area contributed by atoms with E-state index < -0.39 is 0 Å². The van der Waals surface area contributed by atoms with Crippen LogP contribution in [0.15, 0.2) is 0 Å². The van der Waals surface area contributed by atoms with Crippen molar-refractivity contribution in [1.82, 2.24) is 10.6 Å². The summed E-state index contributed by atoms with van der Waals surface area (Å²) in [6.45, 7) is 11.6. The van der Waals surface area contributed by atoms with Gasteiger partial charge in [0.05, 0.1) is 0 Å². The Labute approximate surface area is 117 Å². The van der Waals surface area contributed by atoms with E-state index in [1.54, 1.807) is 0 Å². The maximum Gasteiger partial charge on any atom is 0.221 e. The SMILES string of the molecule is CCOC(CCNCCC(=O)NCC(C)C)OCC. The molecule has 2 N–H and O–H groups in total. The zero-order chi connectivity index (χ0) is 14.5. The molecule has 5 heteroatoms. The number of rotatable bonds is 12. The van der Waals surface area contributed by atoms with Crippen LogP contribution in [-0.2, 0) is 14.3 Å². The fourth-order valence-corrected chi connectivity index (χ4v) is 1.54. The van der Waals surface area contributed by atoms with E-state index in [0.29, 0.717) is 32.1 Å². The zero-order valence-electron chi connectivity index (χ0n) is 12.8. The summed E-state index contributed by atoms with van der Waals surface area (Å²) in [7, 11) is 0. The number of nitrogens with one attached hydrogen (secondary N) is 2. The topological polar surface area (TPSA) is 59.6 Å². The average Bonchev–Trinajstić information content (AvgIpc) is 2.36. The van der Waals surface area contributed by atoms with Crippen molar-refractivity contribution in [2.24, 2.45) is 5.92 Å². The Morgan fingerprint density at radius 1 is 1.11 bits per heavy atom. The molecular formula is C14H30N2O3. The highest BCUT2D eigenvalue weighted by molar-refractivity contribution is 5.76. The maximum atomic E-state index is 11.4. The summed E-state index contributed by atoms with van der Waals surface area (Å²) in [5.74, 6) is 0.599. The van der Waals surface area contributed by atoms with E-state index in [4.69, 9.17) is 9.47 Å². The summed E-state index contributed by atoms with van der Waals surface area (Å²) >= 11 is 0. The van der Waals surface area contributed by atoms with Gasteiger partial charge >= 0.3 is 0 Å². The van der Waals surface area contributed by atoms with Gasteiger partial charge in [-0.3, -0.25) is 4.79 Å². The van der Waals surface area contributed by atoms with Gasteiger partial charge in [-0.1, -0.05) is 13.8 Å². The van der Waals surface area contributed by atoms with Crippen molar-refractivity contribution in [1.29, 1.82) is 0 Å². The first kappa shape index (κ1) is 18.4. The molecule has 19 heavy (non-hydrogen) atoms. The summed E-state index contributed by atoms with van der Waals surface area (Å²) in [6.07, 6.45) is 1.17. The predicted molar refractivity (Wildman–Crippen MR) is 77.0 cm³/mol. The number of hydrogen-bond donors (Lipinski definition) is 2. The summed E-state index contributed by atoms with van der Waals surface area (Å²) in [5.41, 5.74) is 0. The molecule has 0 rings (SSSR count). The van der Waals surface area contributed by atoms with Gasteiger partial charge in [0.25, 0.3) is 0 Å². The molecule has 0 unspecified atom stereocenters. The van der Waals surface area contributed by atoms with E-state index in [1.807, 2.05) is 13.8 Å². The van der Waals surface area contributed by atoms with Crippen molar-refractivity contribution in [3.8, 4) is 0 Å². The summed E-state index contributed by atoms with van der Waals surface area (Å²) in [5, 5.41) is 6.12. The van der Waals surface area contributed by atoms with E-state index in [0.717, 1.165) is 19.5 Å². The molecule has 0 aromatic rings. The molecule has 0 atom stereocenters. The van der Waals surface area contributed by atoms with E-state index in [-0.39, 0.29) is 12.2 Å². The molecule has 0 aliphatic heterocycles. The minimum Gasteiger partial charge on any atom is -0.356 e. The lowest BCUT2D eigenvalue weighted by atomic mass is 10.2. The van der Waals surface area contributed by atoms with E-state index in [9.17, 15) is 4.79 Å². The number of carbonyl (C=O) groups is 1. The Balaban J connectivity index is 3.49. The molecule has 0 fully saturated rings. The monoisotopic (exact) mass is 274 g/mol. The third-order valence-corrected chi connectivity index (χ3v) is 2.50. The third-order valence-electron chi connectivity index (χ3n) is 2.50. The molecular weight excluding hydrogens is 244 g/mol. The first-order valence-electron chi connectivity index (χ1n) is 7.30. The number of amides is 1. The van der Waals surface area contributed by atoms with Gasteiger partial charge in [-0.2, -0.15) is 0 Å². The van der Waals surface area contributed by atoms with Crippen LogP contribution < -0.4 is 10.6 Å². The van der Waals surface area contributed by atoms with Gasteiger partial charge in [0, 0.05) is 39.1 Å². The Bertz CT molecular complexity index is 217. The Hall–Kier alpha value is -0.650. The van der Waals surface area contributed by atoms with Crippen molar-refractivity contribution < 1.29 is 14.3 Å². The smallest absolute Gasteiger partial charge is 0.221 e. The summed E-state index contributed by atoms with van der Waals surface area (Å²) in [4.78, 5) is 11.4. The molecule has 0 saturated heterocycles. The second-order valence-electron chi connectivity index (χ2n) is 4.83. The van der Waals surface area contributed by atoms with Crippen molar-refractivity contribution in [2.75, 3.05) is 32.8 Å². The minimum atomic E-state index is -0.141. The normalized spacial score (nSPS) is 11.3. The van der Waals surface area contributed by atoms with Crippen molar-refractivity contribution in [3.63, 3.8) is 0 Å². The highest BCUT2D eigenvalue weighted by Gasteiger charge is 2.07. The van der Waals surface area contributed by atoms with Crippen molar-refractivity contribution >= 4 is 5.91 Å². The first-order chi connectivity index (χ1) is 9.10. The molecule has 0 heterocycles. The van der Waals surface area contributed by atoms with Gasteiger partial charge in [-0.15, -0.1) is 0 Å².